The zero-order valence-corrected chi connectivity index (χ0v) is 23.9. The Morgan fingerprint density at radius 3 is 1.92 bits per heavy atom. The molecule has 1 N–H and O–H groups in total. The fourth-order valence-electron chi connectivity index (χ4n) is 3.40. The molecular formula is C33H52O5. The van der Waals surface area contributed by atoms with E-state index in [1.54, 1.807) is 0 Å². The van der Waals surface area contributed by atoms with Gasteiger partial charge < -0.3 is 14.6 Å². The van der Waals surface area contributed by atoms with Crippen LogP contribution in [-0.2, 0) is 19.1 Å². The standard InChI is InChI=1S/C33H52O5/c1-3-5-7-9-11-13-15-16-18-19-21-23-25-27-32(35)37-30-31(29-34)38-33(36)28-26-24-22-20-17-14-12-10-8-6-4-2/h5-9,11-15,20,22,31,34H,3-4,10,16-19,21,23-30H2,1-2H3/b7-5+,8-6+,11-9+,14-12+,15-13+,22-20+. The average molecular weight is 529 g/mol. The molecule has 0 amide bonds. The molecule has 0 fully saturated rings. The number of carbonyl (C=O) groups excluding carboxylic acids is 2. The van der Waals surface area contributed by atoms with Crippen LogP contribution in [0.15, 0.2) is 72.9 Å². The van der Waals surface area contributed by atoms with Crippen molar-refractivity contribution in [1.29, 1.82) is 0 Å². The number of aliphatic hydroxyl groups is 1. The van der Waals surface area contributed by atoms with Crippen molar-refractivity contribution in [3.8, 4) is 0 Å². The molecule has 1 unspecified atom stereocenters. The lowest BCUT2D eigenvalue weighted by Gasteiger charge is -2.15. The quantitative estimate of drug-likeness (QED) is 0.0591. The van der Waals surface area contributed by atoms with E-state index in [0.29, 0.717) is 12.8 Å². The van der Waals surface area contributed by atoms with Crippen LogP contribution in [0, 0.1) is 0 Å². The first kappa shape index (κ1) is 35.3. The second-order valence-electron chi connectivity index (χ2n) is 9.12. The zero-order chi connectivity index (χ0) is 27.9. The number of hydrogen-bond donors (Lipinski definition) is 1. The fraction of sp³-hybridized carbons (Fsp3) is 0.576. The van der Waals surface area contributed by atoms with Crippen molar-refractivity contribution >= 4 is 11.9 Å². The first-order valence-corrected chi connectivity index (χ1v) is 14.5. The predicted octanol–water partition coefficient (Wildman–Crippen LogP) is 8.27. The highest BCUT2D eigenvalue weighted by Crippen LogP contribution is 2.09. The van der Waals surface area contributed by atoms with E-state index in [1.807, 2.05) is 12.2 Å². The minimum absolute atomic E-state index is 0.101. The van der Waals surface area contributed by atoms with Crippen LogP contribution >= 0.6 is 0 Å². The van der Waals surface area contributed by atoms with E-state index in [1.165, 1.54) is 0 Å². The molecule has 214 valence electrons. The van der Waals surface area contributed by atoms with Gasteiger partial charge in [-0.15, -0.1) is 0 Å². The predicted molar refractivity (Wildman–Crippen MR) is 159 cm³/mol. The third-order valence-corrected chi connectivity index (χ3v) is 5.56. The number of esters is 2. The topological polar surface area (TPSA) is 72.8 Å². The van der Waals surface area contributed by atoms with Crippen molar-refractivity contribution in [2.45, 2.75) is 110 Å². The van der Waals surface area contributed by atoms with Crippen LogP contribution in [0.25, 0.3) is 0 Å². The molecule has 38 heavy (non-hydrogen) atoms. The summed E-state index contributed by atoms with van der Waals surface area (Å²) < 4.78 is 10.4. The van der Waals surface area contributed by atoms with Crippen LogP contribution in [-0.4, -0.2) is 36.4 Å². The van der Waals surface area contributed by atoms with E-state index in [-0.39, 0.29) is 31.6 Å². The molecule has 0 spiro atoms. The minimum atomic E-state index is -0.806. The summed E-state index contributed by atoms with van der Waals surface area (Å²) in [4.78, 5) is 24.0. The molecule has 0 aromatic carbocycles. The van der Waals surface area contributed by atoms with Crippen LogP contribution in [0.4, 0.5) is 0 Å². The number of ether oxygens (including phenoxy) is 2. The molecule has 0 rings (SSSR count). The summed E-state index contributed by atoms with van der Waals surface area (Å²) >= 11 is 0. The third-order valence-electron chi connectivity index (χ3n) is 5.56. The molecule has 0 aromatic heterocycles. The van der Waals surface area contributed by atoms with Gasteiger partial charge in [-0.2, -0.15) is 0 Å². The molecule has 0 aliphatic heterocycles. The van der Waals surface area contributed by atoms with E-state index in [0.717, 1.165) is 70.6 Å². The summed E-state index contributed by atoms with van der Waals surface area (Å²) in [6.07, 6.45) is 36.7. The van der Waals surface area contributed by atoms with Gasteiger partial charge in [0.25, 0.3) is 0 Å². The number of carbonyl (C=O) groups is 2. The molecule has 0 aliphatic rings. The van der Waals surface area contributed by atoms with Gasteiger partial charge in [0.1, 0.15) is 6.61 Å². The maximum atomic E-state index is 12.0. The molecule has 5 heteroatoms. The normalized spacial score (nSPS) is 13.2. The number of allylic oxidation sites excluding steroid dienone is 12. The van der Waals surface area contributed by atoms with E-state index in [4.69, 9.17) is 9.47 Å². The molecule has 1 atom stereocenters. The highest BCUT2D eigenvalue weighted by molar-refractivity contribution is 5.70. The van der Waals surface area contributed by atoms with Crippen LogP contribution in [0.3, 0.4) is 0 Å². The van der Waals surface area contributed by atoms with Crippen molar-refractivity contribution in [3.63, 3.8) is 0 Å². The van der Waals surface area contributed by atoms with Gasteiger partial charge in [-0.3, -0.25) is 9.59 Å². The lowest BCUT2D eigenvalue weighted by atomic mass is 10.1. The monoisotopic (exact) mass is 528 g/mol. The maximum absolute atomic E-state index is 12.0. The Labute approximate surface area is 232 Å². The Balaban J connectivity index is 3.76. The van der Waals surface area contributed by atoms with Crippen molar-refractivity contribution in [1.82, 2.24) is 0 Å². The summed E-state index contributed by atoms with van der Waals surface area (Å²) in [6.45, 7) is 3.77. The molecule has 0 aromatic rings. The van der Waals surface area contributed by atoms with Gasteiger partial charge in [0.2, 0.25) is 0 Å². The lowest BCUT2D eigenvalue weighted by Crippen LogP contribution is -2.28. The highest BCUT2D eigenvalue weighted by atomic mass is 16.6. The molecule has 0 heterocycles. The van der Waals surface area contributed by atoms with Gasteiger partial charge >= 0.3 is 11.9 Å². The minimum Gasteiger partial charge on any atom is -0.462 e. The SMILES string of the molecule is CC/C=C/C=C/C=C/CCCCCCCC(=O)OCC(CO)OC(=O)CCC/C=C/C/C=C/C/C=C/CC. The Bertz CT molecular complexity index is 742. The van der Waals surface area contributed by atoms with Crippen LogP contribution in [0.5, 0.6) is 0 Å². The molecular weight excluding hydrogens is 476 g/mol. The first-order valence-electron chi connectivity index (χ1n) is 14.5. The zero-order valence-electron chi connectivity index (χ0n) is 23.9. The summed E-state index contributed by atoms with van der Waals surface area (Å²) in [5.74, 6) is -0.692. The molecule has 5 nitrogen and oxygen atoms in total. The van der Waals surface area contributed by atoms with E-state index in [9.17, 15) is 14.7 Å². The number of rotatable bonds is 24. The number of unbranched alkanes of at least 4 members (excludes halogenated alkanes) is 6. The van der Waals surface area contributed by atoms with Crippen molar-refractivity contribution in [2.24, 2.45) is 0 Å². The maximum Gasteiger partial charge on any atom is 0.306 e. The highest BCUT2D eigenvalue weighted by Gasteiger charge is 2.15. The van der Waals surface area contributed by atoms with Gasteiger partial charge in [0.05, 0.1) is 6.61 Å². The van der Waals surface area contributed by atoms with Crippen LogP contribution in [0.2, 0.25) is 0 Å². The largest absolute Gasteiger partial charge is 0.462 e. The van der Waals surface area contributed by atoms with Gasteiger partial charge in [0, 0.05) is 12.8 Å². The fourth-order valence-corrected chi connectivity index (χ4v) is 3.40. The molecule has 0 bridgehead atoms. The van der Waals surface area contributed by atoms with Crippen molar-refractivity contribution in [3.05, 3.63) is 72.9 Å². The molecule has 0 radical (unpaired) electrons. The summed E-state index contributed by atoms with van der Waals surface area (Å²) in [5, 5.41) is 9.45. The van der Waals surface area contributed by atoms with Gasteiger partial charge in [0.15, 0.2) is 6.10 Å². The second kappa shape index (κ2) is 28.9. The molecule has 0 saturated carbocycles. The first-order chi connectivity index (χ1) is 18.6. The van der Waals surface area contributed by atoms with Crippen molar-refractivity contribution < 1.29 is 24.2 Å². The third kappa shape index (κ3) is 26.4. The van der Waals surface area contributed by atoms with Gasteiger partial charge in [-0.1, -0.05) is 106 Å². The summed E-state index contributed by atoms with van der Waals surface area (Å²) in [5.41, 5.74) is 0. The van der Waals surface area contributed by atoms with Crippen LogP contribution in [0.1, 0.15) is 104 Å². The Morgan fingerprint density at radius 2 is 1.21 bits per heavy atom. The van der Waals surface area contributed by atoms with E-state index >= 15 is 0 Å². The van der Waals surface area contributed by atoms with E-state index < -0.39 is 6.10 Å². The summed E-state index contributed by atoms with van der Waals surface area (Å²) in [7, 11) is 0. The van der Waals surface area contributed by atoms with E-state index in [2.05, 4.69) is 74.6 Å². The molecule has 0 aliphatic carbocycles. The Morgan fingerprint density at radius 1 is 0.632 bits per heavy atom. The van der Waals surface area contributed by atoms with Crippen LogP contribution < -0.4 is 0 Å². The molecule has 0 saturated heterocycles. The smallest absolute Gasteiger partial charge is 0.306 e. The average Bonchev–Trinajstić information content (AvgIpc) is 2.92. The Kier molecular flexibility index (Phi) is 26.9. The number of aliphatic hydroxyl groups excluding tert-OH is 1. The van der Waals surface area contributed by atoms with Crippen molar-refractivity contribution in [2.75, 3.05) is 13.2 Å². The van der Waals surface area contributed by atoms with Gasteiger partial charge in [-0.25, -0.2) is 0 Å². The number of hydrogen-bond acceptors (Lipinski definition) is 5. The second-order valence-corrected chi connectivity index (χ2v) is 9.12. The summed E-state index contributed by atoms with van der Waals surface area (Å²) in [6, 6.07) is 0. The lowest BCUT2D eigenvalue weighted by molar-refractivity contribution is -0.161. The Hall–Kier alpha value is -2.66. The van der Waals surface area contributed by atoms with Gasteiger partial charge in [-0.05, 0) is 57.8 Å².